The third-order valence-corrected chi connectivity index (χ3v) is 5.57. The van der Waals surface area contributed by atoms with E-state index >= 15 is 0 Å². The van der Waals surface area contributed by atoms with Crippen LogP contribution in [0.1, 0.15) is 17.7 Å². The summed E-state index contributed by atoms with van der Waals surface area (Å²) in [4.78, 5) is 4.94. The van der Waals surface area contributed by atoms with Crippen molar-refractivity contribution in [3.05, 3.63) is 90.0 Å². The number of hydrogen-bond acceptors (Lipinski definition) is 5. The maximum absolute atomic E-state index is 13.5. The highest BCUT2D eigenvalue weighted by molar-refractivity contribution is 6.06. The summed E-state index contributed by atoms with van der Waals surface area (Å²) < 4.78 is 21.2. The van der Waals surface area contributed by atoms with E-state index in [-0.39, 0.29) is 12.4 Å². The van der Waals surface area contributed by atoms with Crippen molar-refractivity contribution in [1.29, 1.82) is 0 Å². The van der Waals surface area contributed by atoms with Crippen molar-refractivity contribution in [2.45, 2.75) is 26.2 Å². The minimum atomic E-state index is -0.277. The summed E-state index contributed by atoms with van der Waals surface area (Å²) in [5, 5.41) is 20.4. The van der Waals surface area contributed by atoms with E-state index in [0.717, 1.165) is 44.2 Å². The van der Waals surface area contributed by atoms with E-state index in [0.29, 0.717) is 26.2 Å². The Balaban J connectivity index is 1.48. The molecule has 2 aromatic heterocycles. The molecule has 0 aliphatic heterocycles. The number of hydrogen-bond donors (Lipinski definition) is 1. The Bertz CT molecular complexity index is 1400. The molecule has 5 aromatic rings. The number of aliphatic hydroxyl groups is 1. The Kier molecular flexibility index (Phi) is 6.06. The van der Waals surface area contributed by atoms with E-state index in [9.17, 15) is 4.39 Å². The zero-order valence-corrected chi connectivity index (χ0v) is 18.0. The van der Waals surface area contributed by atoms with Gasteiger partial charge in [0.2, 0.25) is 0 Å². The van der Waals surface area contributed by atoms with Gasteiger partial charge in [0.15, 0.2) is 0 Å². The largest absolute Gasteiger partial charge is 0.396 e. The lowest BCUT2D eigenvalue weighted by Gasteiger charge is -2.12. The second kappa shape index (κ2) is 9.44. The zero-order chi connectivity index (χ0) is 22.6. The molecule has 0 fully saturated rings. The third kappa shape index (κ3) is 4.60. The molecule has 0 amide bonds. The van der Waals surface area contributed by atoms with Crippen LogP contribution in [-0.2, 0) is 24.5 Å². The molecule has 166 valence electrons. The number of halogens is 1. The van der Waals surface area contributed by atoms with Crippen molar-refractivity contribution in [2.75, 3.05) is 6.61 Å². The summed E-state index contributed by atoms with van der Waals surface area (Å²) in [5.74, 6) is -0.277. The van der Waals surface area contributed by atoms with Gasteiger partial charge in [-0.1, -0.05) is 41.6 Å². The highest BCUT2D eigenvalue weighted by atomic mass is 19.1. The SMILES string of the molecule is OCCCn1cc(COCc2cc(-c3ccc(F)cc3)nc3c2ccc2ccccc23)nn1. The fraction of sp³-hybridized carbons (Fsp3) is 0.192. The van der Waals surface area contributed by atoms with Crippen LogP contribution in [0.25, 0.3) is 32.9 Å². The topological polar surface area (TPSA) is 73.1 Å². The average molecular weight is 442 g/mol. The van der Waals surface area contributed by atoms with Gasteiger partial charge in [-0.05, 0) is 47.7 Å². The van der Waals surface area contributed by atoms with E-state index < -0.39 is 0 Å². The van der Waals surface area contributed by atoms with Crippen molar-refractivity contribution >= 4 is 21.7 Å². The first-order chi connectivity index (χ1) is 16.2. The molecular formula is C26H23FN4O2. The number of aliphatic hydroxyl groups excluding tert-OH is 1. The third-order valence-electron chi connectivity index (χ3n) is 5.57. The number of aryl methyl sites for hydroxylation is 1. The summed E-state index contributed by atoms with van der Waals surface area (Å²) in [6, 6.07) is 20.7. The van der Waals surface area contributed by atoms with E-state index in [4.69, 9.17) is 14.8 Å². The van der Waals surface area contributed by atoms with Gasteiger partial charge in [0, 0.05) is 29.5 Å². The summed E-state index contributed by atoms with van der Waals surface area (Å²) in [7, 11) is 0. The molecule has 0 aliphatic carbocycles. The molecule has 0 radical (unpaired) electrons. The molecular weight excluding hydrogens is 419 g/mol. The predicted octanol–water partition coefficient (Wildman–Crippen LogP) is 4.88. The number of rotatable bonds is 8. The number of nitrogens with zero attached hydrogens (tertiary/aromatic N) is 4. The zero-order valence-electron chi connectivity index (χ0n) is 18.0. The molecule has 33 heavy (non-hydrogen) atoms. The summed E-state index contributed by atoms with van der Waals surface area (Å²) >= 11 is 0. The van der Waals surface area contributed by atoms with Crippen LogP contribution in [0.5, 0.6) is 0 Å². The quantitative estimate of drug-likeness (QED) is 0.347. The van der Waals surface area contributed by atoms with Crippen molar-refractivity contribution < 1.29 is 14.2 Å². The Hall–Kier alpha value is -3.68. The van der Waals surface area contributed by atoms with Crippen molar-refractivity contribution in [3.63, 3.8) is 0 Å². The molecule has 0 aliphatic rings. The molecule has 6 nitrogen and oxygen atoms in total. The fourth-order valence-electron chi connectivity index (χ4n) is 3.93. The second-order valence-electron chi connectivity index (χ2n) is 7.90. The van der Waals surface area contributed by atoms with Gasteiger partial charge in [0.05, 0.1) is 30.6 Å². The van der Waals surface area contributed by atoms with Gasteiger partial charge >= 0.3 is 0 Å². The van der Waals surface area contributed by atoms with Gasteiger partial charge in [-0.3, -0.25) is 4.68 Å². The molecule has 0 bridgehead atoms. The van der Waals surface area contributed by atoms with Gasteiger partial charge in [-0.2, -0.15) is 0 Å². The Labute approximate surface area is 190 Å². The standard InChI is InChI=1S/C26H23FN4O2/c27-21-9-6-19(7-10-21)25-14-20(16-33-17-22-15-31(30-29-22)12-3-13-32)24-11-8-18-4-1-2-5-23(18)26(24)28-25/h1-2,4-11,14-15,32H,3,12-13,16-17H2. The van der Waals surface area contributed by atoms with Crippen LogP contribution >= 0.6 is 0 Å². The first-order valence-electron chi connectivity index (χ1n) is 10.9. The first-order valence-corrected chi connectivity index (χ1v) is 10.9. The van der Waals surface area contributed by atoms with Crippen LogP contribution in [0.2, 0.25) is 0 Å². The lowest BCUT2D eigenvalue weighted by Crippen LogP contribution is -2.00. The van der Waals surface area contributed by atoms with E-state index in [2.05, 4.69) is 34.6 Å². The Morgan fingerprint density at radius 3 is 2.64 bits per heavy atom. The van der Waals surface area contributed by atoms with Crippen LogP contribution in [-0.4, -0.2) is 31.7 Å². The number of ether oxygens (including phenoxy) is 1. The summed E-state index contributed by atoms with van der Waals surface area (Å²) in [6.07, 6.45) is 2.46. The molecule has 2 heterocycles. The number of benzene rings is 3. The van der Waals surface area contributed by atoms with Gasteiger partial charge < -0.3 is 9.84 Å². The lowest BCUT2D eigenvalue weighted by atomic mass is 10.0. The van der Waals surface area contributed by atoms with Crippen LogP contribution in [0.4, 0.5) is 4.39 Å². The smallest absolute Gasteiger partial charge is 0.123 e. The molecule has 5 rings (SSSR count). The number of pyridine rings is 1. The maximum Gasteiger partial charge on any atom is 0.123 e. The summed E-state index contributed by atoms with van der Waals surface area (Å²) in [6.45, 7) is 1.43. The van der Waals surface area contributed by atoms with Crippen LogP contribution < -0.4 is 0 Å². The van der Waals surface area contributed by atoms with Crippen LogP contribution in [0.15, 0.2) is 72.9 Å². The minimum absolute atomic E-state index is 0.117. The monoisotopic (exact) mass is 442 g/mol. The molecule has 7 heteroatoms. The second-order valence-corrected chi connectivity index (χ2v) is 7.90. The Morgan fingerprint density at radius 1 is 0.939 bits per heavy atom. The fourth-order valence-corrected chi connectivity index (χ4v) is 3.93. The first kappa shape index (κ1) is 21.2. The van der Waals surface area contributed by atoms with Gasteiger partial charge in [-0.15, -0.1) is 5.10 Å². The molecule has 0 spiro atoms. The Morgan fingerprint density at radius 2 is 1.79 bits per heavy atom. The molecule has 0 saturated heterocycles. The number of aromatic nitrogens is 4. The maximum atomic E-state index is 13.5. The molecule has 0 saturated carbocycles. The van der Waals surface area contributed by atoms with Crippen LogP contribution in [0.3, 0.4) is 0 Å². The summed E-state index contributed by atoms with van der Waals surface area (Å²) in [5.41, 5.74) is 4.24. The molecule has 0 unspecified atom stereocenters. The highest BCUT2D eigenvalue weighted by Crippen LogP contribution is 2.30. The van der Waals surface area contributed by atoms with E-state index in [1.807, 2.05) is 24.4 Å². The highest BCUT2D eigenvalue weighted by Gasteiger charge is 2.12. The van der Waals surface area contributed by atoms with Crippen LogP contribution in [0, 0.1) is 5.82 Å². The normalized spacial score (nSPS) is 11.5. The van der Waals surface area contributed by atoms with Gasteiger partial charge in [0.1, 0.15) is 11.5 Å². The van der Waals surface area contributed by atoms with Crippen molar-refractivity contribution in [1.82, 2.24) is 20.0 Å². The van der Waals surface area contributed by atoms with Crippen molar-refractivity contribution in [2.24, 2.45) is 0 Å². The lowest BCUT2D eigenvalue weighted by molar-refractivity contribution is 0.105. The van der Waals surface area contributed by atoms with E-state index in [1.165, 1.54) is 12.1 Å². The van der Waals surface area contributed by atoms with E-state index in [1.54, 1.807) is 16.8 Å². The molecule has 0 atom stereocenters. The predicted molar refractivity (Wildman–Crippen MR) is 125 cm³/mol. The average Bonchev–Trinajstić information content (AvgIpc) is 3.30. The molecule has 1 N–H and O–H groups in total. The van der Waals surface area contributed by atoms with Gasteiger partial charge in [-0.25, -0.2) is 9.37 Å². The van der Waals surface area contributed by atoms with Gasteiger partial charge in [0.25, 0.3) is 0 Å². The number of fused-ring (bicyclic) bond motifs is 3. The van der Waals surface area contributed by atoms with Crippen molar-refractivity contribution in [3.8, 4) is 11.3 Å². The molecule has 3 aromatic carbocycles. The minimum Gasteiger partial charge on any atom is -0.396 e.